The first-order chi connectivity index (χ1) is 9.15. The number of furan rings is 1. The molecule has 1 unspecified atom stereocenters. The lowest BCUT2D eigenvalue weighted by Crippen LogP contribution is -2.11. The Morgan fingerprint density at radius 2 is 2.32 bits per heavy atom. The van der Waals surface area contributed by atoms with Gasteiger partial charge in [-0.2, -0.15) is 0 Å². The molecule has 96 valence electrons. The summed E-state index contributed by atoms with van der Waals surface area (Å²) in [6.45, 7) is 0. The molecular weight excluding hydrogens is 395 g/mol. The Balaban J connectivity index is 1.93. The van der Waals surface area contributed by atoms with Crippen molar-refractivity contribution in [2.24, 2.45) is 0 Å². The summed E-state index contributed by atoms with van der Waals surface area (Å²) >= 11 is 4.66. The third-order valence-electron chi connectivity index (χ3n) is 2.55. The summed E-state index contributed by atoms with van der Waals surface area (Å²) in [6.07, 6.45) is 3.35. The third kappa shape index (κ3) is 2.54. The summed E-state index contributed by atoms with van der Waals surface area (Å²) < 4.78 is 6.19. The van der Waals surface area contributed by atoms with Crippen molar-refractivity contribution in [2.75, 3.05) is 0 Å². The van der Waals surface area contributed by atoms with Crippen LogP contribution in [0.5, 0.6) is 0 Å². The maximum Gasteiger partial charge on any atom is 0.186 e. The zero-order valence-corrected chi connectivity index (χ0v) is 13.2. The zero-order valence-electron chi connectivity index (χ0n) is 9.42. The number of nitrogens with one attached hydrogen (secondary N) is 1. The quantitative estimate of drug-likeness (QED) is 0.614. The highest BCUT2D eigenvalue weighted by Gasteiger charge is 2.38. The molecule has 2 aromatic heterocycles. The number of carbonyl (C=O) groups excluding carboxylic acids is 1. The fourth-order valence-electron chi connectivity index (χ4n) is 1.73. The van der Waals surface area contributed by atoms with Crippen LogP contribution in [0.1, 0.15) is 16.7 Å². The van der Waals surface area contributed by atoms with Crippen LogP contribution in [-0.4, -0.2) is 15.8 Å². The molecule has 1 aliphatic heterocycles. The third-order valence-corrected chi connectivity index (χ3v) is 4.97. The molecular formula is C12H7IN2O2S2. The second-order valence-electron chi connectivity index (χ2n) is 3.78. The lowest BCUT2D eigenvalue weighted by molar-refractivity contribution is -0.114. The van der Waals surface area contributed by atoms with Crippen molar-refractivity contribution in [2.45, 2.75) is 5.92 Å². The van der Waals surface area contributed by atoms with Crippen molar-refractivity contribution >= 4 is 62.6 Å². The smallest absolute Gasteiger partial charge is 0.186 e. The fraction of sp³-hybridized carbons (Fsp3) is 0.0833. The minimum atomic E-state index is -0.537. The maximum atomic E-state index is 12.3. The minimum absolute atomic E-state index is 0.0728. The van der Waals surface area contributed by atoms with E-state index in [4.69, 9.17) is 9.83 Å². The normalized spacial score (nSPS) is 21.5. The van der Waals surface area contributed by atoms with Gasteiger partial charge in [-0.1, -0.05) is 11.8 Å². The number of nitrogens with zero attached hydrogens (tertiary/aromatic N) is 1. The highest BCUT2D eigenvalue weighted by Crippen LogP contribution is 2.41. The van der Waals surface area contributed by atoms with E-state index in [1.807, 2.05) is 17.5 Å². The van der Waals surface area contributed by atoms with Crippen molar-refractivity contribution in [3.63, 3.8) is 0 Å². The van der Waals surface area contributed by atoms with Crippen molar-refractivity contribution in [3.8, 4) is 0 Å². The first kappa shape index (κ1) is 13.1. The van der Waals surface area contributed by atoms with Crippen molar-refractivity contribution < 1.29 is 9.21 Å². The van der Waals surface area contributed by atoms with Crippen molar-refractivity contribution in [3.05, 3.63) is 43.1 Å². The molecule has 0 aliphatic carbocycles. The molecule has 1 aliphatic rings. The molecule has 0 radical (unpaired) electrons. The average molecular weight is 402 g/mol. The molecule has 0 spiro atoms. The molecule has 0 amide bonds. The maximum absolute atomic E-state index is 12.3. The van der Waals surface area contributed by atoms with Gasteiger partial charge in [0.1, 0.15) is 16.7 Å². The van der Waals surface area contributed by atoms with Crippen LogP contribution >= 0.6 is 45.7 Å². The summed E-state index contributed by atoms with van der Waals surface area (Å²) in [5.41, 5.74) is 0. The van der Waals surface area contributed by atoms with Crippen molar-refractivity contribution in [1.29, 1.82) is 5.41 Å². The van der Waals surface area contributed by atoms with Gasteiger partial charge in [0, 0.05) is 11.6 Å². The monoisotopic (exact) mass is 402 g/mol. The summed E-state index contributed by atoms with van der Waals surface area (Å²) in [5, 5.41) is 10.8. The van der Waals surface area contributed by atoms with Crippen LogP contribution < -0.4 is 0 Å². The van der Waals surface area contributed by atoms with Gasteiger partial charge in [-0.15, -0.1) is 11.3 Å². The molecule has 1 atom stereocenters. The van der Waals surface area contributed by atoms with Crippen LogP contribution in [0.2, 0.25) is 0 Å². The molecule has 0 bridgehead atoms. The van der Waals surface area contributed by atoms with Gasteiger partial charge in [0.15, 0.2) is 9.55 Å². The molecule has 2 aromatic rings. The number of aromatic nitrogens is 1. The van der Waals surface area contributed by atoms with Gasteiger partial charge in [-0.25, -0.2) is 4.98 Å². The molecule has 1 saturated heterocycles. The molecule has 1 fully saturated rings. The van der Waals surface area contributed by atoms with Gasteiger partial charge >= 0.3 is 0 Å². The van der Waals surface area contributed by atoms with E-state index in [9.17, 15) is 4.79 Å². The molecule has 3 rings (SSSR count). The summed E-state index contributed by atoms with van der Waals surface area (Å²) in [6, 6.07) is 3.64. The van der Waals surface area contributed by atoms with Crippen LogP contribution in [-0.2, 0) is 4.79 Å². The fourth-order valence-corrected chi connectivity index (χ4v) is 3.95. The predicted molar refractivity (Wildman–Crippen MR) is 84.6 cm³/mol. The Morgan fingerprint density at radius 1 is 1.47 bits per heavy atom. The summed E-state index contributed by atoms with van der Waals surface area (Å²) in [4.78, 5) is 17.0. The SMILES string of the molecule is N=C1SC(=Cc2ccc(I)o2)C(=O)C1c1nccs1. The lowest BCUT2D eigenvalue weighted by atomic mass is 10.1. The number of ketones is 1. The Morgan fingerprint density at radius 3 is 2.95 bits per heavy atom. The van der Waals surface area contributed by atoms with Crippen LogP contribution in [0, 0.1) is 9.18 Å². The van der Waals surface area contributed by atoms with E-state index in [0.29, 0.717) is 20.7 Å². The average Bonchev–Trinajstić information content (AvgIpc) is 3.04. The van der Waals surface area contributed by atoms with Crippen molar-refractivity contribution in [1.82, 2.24) is 4.98 Å². The Hall–Kier alpha value is -0.930. The molecule has 3 heterocycles. The molecule has 19 heavy (non-hydrogen) atoms. The van der Waals surface area contributed by atoms with Gasteiger partial charge in [-0.05, 0) is 40.8 Å². The number of allylic oxidation sites excluding steroid dienone is 1. The number of halogens is 1. The molecule has 0 saturated carbocycles. The molecule has 1 N–H and O–H groups in total. The van der Waals surface area contributed by atoms with Gasteiger partial charge in [0.2, 0.25) is 0 Å². The largest absolute Gasteiger partial charge is 0.451 e. The second-order valence-corrected chi connectivity index (χ2v) is 6.86. The highest BCUT2D eigenvalue weighted by atomic mass is 127. The van der Waals surface area contributed by atoms with Gasteiger partial charge in [0.05, 0.1) is 9.95 Å². The molecule has 0 aromatic carbocycles. The van der Waals surface area contributed by atoms with Crippen LogP contribution in [0.25, 0.3) is 6.08 Å². The summed E-state index contributed by atoms with van der Waals surface area (Å²) in [5.74, 6) is 0.0227. The first-order valence-electron chi connectivity index (χ1n) is 5.32. The van der Waals surface area contributed by atoms with E-state index in [0.717, 1.165) is 3.77 Å². The van der Waals surface area contributed by atoms with Crippen LogP contribution in [0.15, 0.2) is 33.0 Å². The summed E-state index contributed by atoms with van der Waals surface area (Å²) in [7, 11) is 0. The van der Waals surface area contributed by atoms with E-state index >= 15 is 0 Å². The van der Waals surface area contributed by atoms with Gasteiger partial charge < -0.3 is 4.42 Å². The van der Waals surface area contributed by atoms with E-state index in [2.05, 4.69) is 27.6 Å². The van der Waals surface area contributed by atoms with E-state index in [-0.39, 0.29) is 5.78 Å². The zero-order chi connectivity index (χ0) is 13.4. The van der Waals surface area contributed by atoms with Crippen LogP contribution in [0.4, 0.5) is 0 Å². The minimum Gasteiger partial charge on any atom is -0.451 e. The lowest BCUT2D eigenvalue weighted by Gasteiger charge is -2.01. The topological polar surface area (TPSA) is 67.0 Å². The van der Waals surface area contributed by atoms with Gasteiger partial charge in [-0.3, -0.25) is 10.2 Å². The van der Waals surface area contributed by atoms with E-state index in [1.54, 1.807) is 12.3 Å². The Bertz CT molecular complexity index is 676. The Kier molecular flexibility index (Phi) is 3.59. The number of carbonyl (C=O) groups is 1. The second kappa shape index (κ2) is 5.22. The molecule has 4 nitrogen and oxygen atoms in total. The number of hydrogen-bond donors (Lipinski definition) is 1. The number of thioether (sulfide) groups is 1. The first-order valence-corrected chi connectivity index (χ1v) is 8.09. The standard InChI is InChI=1S/C12H7IN2O2S2/c13-8-2-1-6(17-8)5-7-10(16)9(11(14)19-7)12-15-3-4-18-12/h1-5,9,14H. The number of thiazole rings is 1. The van der Waals surface area contributed by atoms with E-state index in [1.165, 1.54) is 23.1 Å². The highest BCUT2D eigenvalue weighted by molar-refractivity contribution is 14.1. The van der Waals surface area contributed by atoms with E-state index < -0.39 is 5.92 Å². The number of rotatable bonds is 2. The predicted octanol–water partition coefficient (Wildman–Crippen LogP) is 3.76. The number of hydrogen-bond acceptors (Lipinski definition) is 6. The van der Waals surface area contributed by atoms with Gasteiger partial charge in [0.25, 0.3) is 0 Å². The Labute approximate surface area is 131 Å². The number of Topliss-reactive ketones (excluding diaryl/α,β-unsaturated/α-hetero) is 1. The molecule has 7 heteroatoms. The van der Waals surface area contributed by atoms with Crippen LogP contribution in [0.3, 0.4) is 0 Å².